The molecule has 5 heteroatoms. The van der Waals surface area contributed by atoms with Crippen LogP contribution in [0.25, 0.3) is 0 Å². The zero-order chi connectivity index (χ0) is 14.4. The highest BCUT2D eigenvalue weighted by molar-refractivity contribution is 5.87. The molecule has 0 bridgehead atoms. The van der Waals surface area contributed by atoms with E-state index in [4.69, 9.17) is 9.84 Å². The third-order valence-electron chi connectivity index (χ3n) is 2.79. The number of rotatable bonds is 6. The van der Waals surface area contributed by atoms with Crippen LogP contribution in [0.15, 0.2) is 53.6 Å². The zero-order valence-electron chi connectivity index (χ0n) is 10.9. The van der Waals surface area contributed by atoms with Gasteiger partial charge in [0.1, 0.15) is 5.75 Å². The number of pyridine rings is 1. The van der Waals surface area contributed by atoms with Crippen LogP contribution in [0, 0.1) is 0 Å². The minimum Gasteiger partial charge on any atom is -0.494 e. The van der Waals surface area contributed by atoms with Crippen molar-refractivity contribution in [1.82, 2.24) is 4.57 Å². The minimum absolute atomic E-state index is 0.00368. The van der Waals surface area contributed by atoms with Gasteiger partial charge in [-0.1, -0.05) is 0 Å². The summed E-state index contributed by atoms with van der Waals surface area (Å²) in [5.41, 5.74) is 0.238. The number of aromatic nitrogens is 1. The first-order chi connectivity index (χ1) is 9.65. The van der Waals surface area contributed by atoms with Crippen LogP contribution >= 0.6 is 0 Å². The number of carbonyl (C=O) groups is 1. The maximum Gasteiger partial charge on any atom is 0.335 e. The molecule has 5 nitrogen and oxygen atoms in total. The van der Waals surface area contributed by atoms with Crippen molar-refractivity contribution in [2.24, 2.45) is 0 Å². The fourth-order valence-corrected chi connectivity index (χ4v) is 1.72. The Balaban J connectivity index is 1.77. The van der Waals surface area contributed by atoms with Gasteiger partial charge in [-0.05, 0) is 30.7 Å². The molecule has 0 saturated carbocycles. The second-order valence-corrected chi connectivity index (χ2v) is 4.30. The Bertz CT molecular complexity index is 611. The van der Waals surface area contributed by atoms with Crippen molar-refractivity contribution < 1.29 is 14.6 Å². The van der Waals surface area contributed by atoms with Gasteiger partial charge in [0, 0.05) is 31.1 Å². The lowest BCUT2D eigenvalue weighted by atomic mass is 10.2. The topological polar surface area (TPSA) is 68.5 Å². The normalized spacial score (nSPS) is 10.2. The molecule has 0 aliphatic heterocycles. The molecule has 0 atom stereocenters. The SMILES string of the molecule is O=C(O)c1ccc(OCCCn2ccc(=O)cc2)cc1. The molecule has 1 N–H and O–H groups in total. The molecule has 0 radical (unpaired) electrons. The number of aromatic carboxylic acids is 1. The molecule has 0 aliphatic carbocycles. The molecule has 1 aromatic heterocycles. The van der Waals surface area contributed by atoms with Gasteiger partial charge in [-0.2, -0.15) is 0 Å². The summed E-state index contributed by atoms with van der Waals surface area (Å²) in [6, 6.07) is 9.35. The van der Waals surface area contributed by atoms with E-state index in [1.54, 1.807) is 24.5 Å². The van der Waals surface area contributed by atoms with Gasteiger partial charge in [-0.3, -0.25) is 4.79 Å². The van der Waals surface area contributed by atoms with Gasteiger partial charge >= 0.3 is 5.97 Å². The second-order valence-electron chi connectivity index (χ2n) is 4.30. The van der Waals surface area contributed by atoms with E-state index in [0.717, 1.165) is 13.0 Å². The van der Waals surface area contributed by atoms with Gasteiger partial charge < -0.3 is 14.4 Å². The van der Waals surface area contributed by atoms with Gasteiger partial charge in [0.25, 0.3) is 0 Å². The van der Waals surface area contributed by atoms with Crippen LogP contribution in [0.1, 0.15) is 16.8 Å². The first-order valence-corrected chi connectivity index (χ1v) is 6.27. The Morgan fingerprint density at radius 1 is 1.10 bits per heavy atom. The Labute approximate surface area is 116 Å². The van der Waals surface area contributed by atoms with Crippen molar-refractivity contribution in [1.29, 1.82) is 0 Å². The maximum atomic E-state index is 10.9. The molecular weight excluding hydrogens is 258 g/mol. The highest BCUT2D eigenvalue weighted by Crippen LogP contribution is 2.12. The lowest BCUT2D eigenvalue weighted by Crippen LogP contribution is -2.07. The Hall–Kier alpha value is -2.56. The van der Waals surface area contributed by atoms with Crippen molar-refractivity contribution in [2.75, 3.05) is 6.61 Å². The van der Waals surface area contributed by atoms with E-state index in [1.165, 1.54) is 24.3 Å². The molecule has 104 valence electrons. The smallest absolute Gasteiger partial charge is 0.335 e. The first-order valence-electron chi connectivity index (χ1n) is 6.27. The zero-order valence-corrected chi connectivity index (χ0v) is 10.9. The van der Waals surface area contributed by atoms with Gasteiger partial charge in [0.2, 0.25) is 0 Å². The Morgan fingerprint density at radius 2 is 1.75 bits per heavy atom. The molecule has 2 aromatic rings. The number of carboxylic acid groups (broad SMARTS) is 1. The van der Waals surface area contributed by atoms with Crippen molar-refractivity contribution >= 4 is 5.97 Å². The fourth-order valence-electron chi connectivity index (χ4n) is 1.72. The van der Waals surface area contributed by atoms with Crippen LogP contribution in [-0.2, 0) is 6.54 Å². The molecule has 1 aromatic carbocycles. The van der Waals surface area contributed by atoms with Crippen LogP contribution < -0.4 is 10.2 Å². The quantitative estimate of drug-likeness (QED) is 0.817. The van der Waals surface area contributed by atoms with Crippen molar-refractivity contribution in [3.63, 3.8) is 0 Å². The highest BCUT2D eigenvalue weighted by atomic mass is 16.5. The molecule has 1 heterocycles. The molecule has 0 saturated heterocycles. The number of ether oxygens (including phenoxy) is 1. The van der Waals surface area contributed by atoms with E-state index in [2.05, 4.69) is 0 Å². The average Bonchev–Trinajstić information content (AvgIpc) is 2.46. The number of carboxylic acids is 1. The molecule has 0 spiro atoms. The highest BCUT2D eigenvalue weighted by Gasteiger charge is 2.01. The van der Waals surface area contributed by atoms with E-state index in [9.17, 15) is 9.59 Å². The number of benzene rings is 1. The van der Waals surface area contributed by atoms with Crippen LogP contribution in [0.5, 0.6) is 5.75 Å². The van der Waals surface area contributed by atoms with Gasteiger partial charge in [0.15, 0.2) is 5.43 Å². The largest absolute Gasteiger partial charge is 0.494 e. The standard InChI is InChI=1S/C15H15NO4/c17-13-6-9-16(10-7-13)8-1-11-20-14-4-2-12(3-5-14)15(18)19/h2-7,9-10H,1,8,11H2,(H,18,19). The summed E-state index contributed by atoms with van der Waals surface area (Å²) in [6.07, 6.45) is 4.28. The summed E-state index contributed by atoms with van der Waals surface area (Å²) in [4.78, 5) is 21.6. The first kappa shape index (κ1) is 13.9. The molecule has 20 heavy (non-hydrogen) atoms. The molecule has 2 rings (SSSR count). The summed E-state index contributed by atoms with van der Waals surface area (Å²) >= 11 is 0. The summed E-state index contributed by atoms with van der Waals surface area (Å²) in [7, 11) is 0. The monoisotopic (exact) mass is 273 g/mol. The molecule has 0 aliphatic rings. The van der Waals surface area contributed by atoms with E-state index in [1.807, 2.05) is 4.57 Å². The second kappa shape index (κ2) is 6.56. The minimum atomic E-state index is -0.949. The number of hydrogen-bond acceptors (Lipinski definition) is 3. The molecule has 0 unspecified atom stereocenters. The number of nitrogens with zero attached hydrogens (tertiary/aromatic N) is 1. The number of aryl methyl sites for hydroxylation is 1. The number of hydrogen-bond donors (Lipinski definition) is 1. The summed E-state index contributed by atoms with van der Waals surface area (Å²) < 4.78 is 7.43. The van der Waals surface area contributed by atoms with E-state index >= 15 is 0 Å². The lowest BCUT2D eigenvalue weighted by Gasteiger charge is -2.08. The van der Waals surface area contributed by atoms with Crippen LogP contribution in [-0.4, -0.2) is 22.2 Å². The van der Waals surface area contributed by atoms with Crippen LogP contribution in [0.4, 0.5) is 0 Å². The average molecular weight is 273 g/mol. The summed E-state index contributed by atoms with van der Waals surface area (Å²) in [6.45, 7) is 1.28. The molecular formula is C15H15NO4. The van der Waals surface area contributed by atoms with E-state index < -0.39 is 5.97 Å². The summed E-state index contributed by atoms with van der Waals surface area (Å²) in [5, 5.41) is 8.77. The fraction of sp³-hybridized carbons (Fsp3) is 0.200. The van der Waals surface area contributed by atoms with Crippen molar-refractivity contribution in [3.8, 4) is 5.75 Å². The van der Waals surface area contributed by atoms with Gasteiger partial charge in [-0.15, -0.1) is 0 Å². The molecule has 0 fully saturated rings. The van der Waals surface area contributed by atoms with E-state index in [0.29, 0.717) is 12.4 Å². The van der Waals surface area contributed by atoms with Crippen molar-refractivity contribution in [3.05, 3.63) is 64.6 Å². The van der Waals surface area contributed by atoms with Crippen LogP contribution in [0.3, 0.4) is 0 Å². The third-order valence-corrected chi connectivity index (χ3v) is 2.79. The predicted molar refractivity (Wildman–Crippen MR) is 74.2 cm³/mol. The maximum absolute atomic E-state index is 10.9. The Kier molecular flexibility index (Phi) is 4.55. The summed E-state index contributed by atoms with van der Waals surface area (Å²) in [5.74, 6) is -0.301. The predicted octanol–water partition coefficient (Wildman–Crippen LogP) is 2.02. The Morgan fingerprint density at radius 3 is 2.35 bits per heavy atom. The third kappa shape index (κ3) is 3.98. The van der Waals surface area contributed by atoms with Crippen LogP contribution in [0.2, 0.25) is 0 Å². The van der Waals surface area contributed by atoms with Gasteiger partial charge in [-0.25, -0.2) is 4.79 Å². The van der Waals surface area contributed by atoms with Crippen molar-refractivity contribution in [2.45, 2.75) is 13.0 Å². The molecule has 0 amide bonds. The van der Waals surface area contributed by atoms with E-state index in [-0.39, 0.29) is 11.0 Å². The lowest BCUT2D eigenvalue weighted by molar-refractivity contribution is 0.0697. The van der Waals surface area contributed by atoms with Gasteiger partial charge in [0.05, 0.1) is 12.2 Å².